The molecule has 3 nitrogen and oxygen atoms in total. The molecule has 3 rings (SSSR count). The number of ether oxygens (including phenoxy) is 2. The third-order valence-electron chi connectivity index (χ3n) is 5.36. The number of esters is 1. The number of rotatable bonds is 6. The Hall–Kier alpha value is -2.59. The van der Waals surface area contributed by atoms with Crippen molar-refractivity contribution in [2.24, 2.45) is 0 Å². The van der Waals surface area contributed by atoms with Crippen LogP contribution in [0.4, 0.5) is 0 Å². The third kappa shape index (κ3) is 5.01. The Labute approximate surface area is 190 Å². The lowest BCUT2D eigenvalue weighted by Crippen LogP contribution is -2.17. The van der Waals surface area contributed by atoms with Gasteiger partial charge in [-0.3, -0.25) is 0 Å². The fourth-order valence-electron chi connectivity index (χ4n) is 4.15. The fraction of sp³-hybridized carbons (Fsp3) is 0.370. The summed E-state index contributed by atoms with van der Waals surface area (Å²) >= 11 is 1.43. The highest BCUT2D eigenvalue weighted by Crippen LogP contribution is 2.43. The maximum Gasteiger partial charge on any atom is 0.348 e. The summed E-state index contributed by atoms with van der Waals surface area (Å²) in [6.45, 7) is 15.2. The first-order valence-electron chi connectivity index (χ1n) is 10.8. The predicted octanol–water partition coefficient (Wildman–Crippen LogP) is 7.65. The zero-order valence-electron chi connectivity index (χ0n) is 19.5. The van der Waals surface area contributed by atoms with Crippen LogP contribution in [0.5, 0.6) is 5.75 Å². The molecule has 1 atom stereocenters. The lowest BCUT2D eigenvalue weighted by Gasteiger charge is -2.29. The molecule has 164 valence electrons. The number of thiophene rings is 1. The van der Waals surface area contributed by atoms with Crippen LogP contribution in [0.2, 0.25) is 0 Å². The van der Waals surface area contributed by atoms with E-state index in [2.05, 4.69) is 65.0 Å². The van der Waals surface area contributed by atoms with Gasteiger partial charge in [0.25, 0.3) is 0 Å². The summed E-state index contributed by atoms with van der Waals surface area (Å²) in [7, 11) is 0. The van der Waals surface area contributed by atoms with Crippen molar-refractivity contribution in [3.8, 4) is 16.9 Å². The molecule has 0 saturated heterocycles. The summed E-state index contributed by atoms with van der Waals surface area (Å²) in [5, 5.41) is 0. The number of hydrogen-bond acceptors (Lipinski definition) is 4. The molecule has 0 aliphatic carbocycles. The van der Waals surface area contributed by atoms with Crippen molar-refractivity contribution in [3.05, 3.63) is 75.0 Å². The molecule has 0 aliphatic rings. The van der Waals surface area contributed by atoms with Crippen LogP contribution in [0.15, 0.2) is 48.5 Å². The van der Waals surface area contributed by atoms with Gasteiger partial charge in [-0.05, 0) is 73.6 Å². The van der Waals surface area contributed by atoms with Crippen LogP contribution in [-0.2, 0) is 10.2 Å². The molecule has 4 heteroatoms. The minimum Gasteiger partial charge on any atom is -0.485 e. The first kappa shape index (κ1) is 23.1. The van der Waals surface area contributed by atoms with E-state index in [1.165, 1.54) is 39.2 Å². The van der Waals surface area contributed by atoms with Gasteiger partial charge in [-0.25, -0.2) is 4.79 Å². The molecule has 0 bridgehead atoms. The zero-order valence-corrected chi connectivity index (χ0v) is 20.4. The van der Waals surface area contributed by atoms with Crippen LogP contribution in [-0.4, -0.2) is 12.6 Å². The molecule has 3 aromatic rings. The number of benzene rings is 2. The van der Waals surface area contributed by atoms with E-state index in [1.807, 2.05) is 32.0 Å². The van der Waals surface area contributed by atoms with Gasteiger partial charge in [-0.1, -0.05) is 51.1 Å². The van der Waals surface area contributed by atoms with Crippen LogP contribution >= 0.6 is 11.3 Å². The maximum absolute atomic E-state index is 12.0. The van der Waals surface area contributed by atoms with E-state index in [4.69, 9.17) is 9.47 Å². The molecule has 0 amide bonds. The largest absolute Gasteiger partial charge is 0.485 e. The topological polar surface area (TPSA) is 35.5 Å². The van der Waals surface area contributed by atoms with E-state index in [0.29, 0.717) is 11.5 Å². The molecule has 2 aromatic carbocycles. The summed E-state index contributed by atoms with van der Waals surface area (Å²) in [6, 6.07) is 16.5. The fourth-order valence-corrected chi connectivity index (χ4v) is 5.03. The number of hydrogen-bond donors (Lipinski definition) is 0. The summed E-state index contributed by atoms with van der Waals surface area (Å²) in [4.78, 5) is 13.6. The van der Waals surface area contributed by atoms with Gasteiger partial charge in [-0.2, -0.15) is 0 Å². The molecular weight excluding hydrogens is 404 g/mol. The molecule has 1 heterocycles. The molecule has 0 N–H and O–H groups in total. The second-order valence-corrected chi connectivity index (χ2v) is 9.98. The number of aryl methyl sites for hydroxylation is 1. The van der Waals surface area contributed by atoms with Crippen molar-refractivity contribution in [2.75, 3.05) is 6.61 Å². The number of carbonyl (C=O) groups is 1. The highest BCUT2D eigenvalue weighted by molar-refractivity contribution is 7.14. The van der Waals surface area contributed by atoms with Crippen LogP contribution in [0.25, 0.3) is 11.1 Å². The monoisotopic (exact) mass is 436 g/mol. The Bertz CT molecular complexity index is 1060. The van der Waals surface area contributed by atoms with Crippen molar-refractivity contribution in [2.45, 2.75) is 60.0 Å². The van der Waals surface area contributed by atoms with E-state index >= 15 is 0 Å². The predicted molar refractivity (Wildman–Crippen MR) is 129 cm³/mol. The Morgan fingerprint density at radius 1 is 1.06 bits per heavy atom. The minimum atomic E-state index is -0.278. The smallest absolute Gasteiger partial charge is 0.348 e. The van der Waals surface area contributed by atoms with Gasteiger partial charge in [-0.15, -0.1) is 11.3 Å². The van der Waals surface area contributed by atoms with Crippen molar-refractivity contribution in [3.63, 3.8) is 0 Å². The molecule has 0 aliphatic heterocycles. The minimum absolute atomic E-state index is 0.0814. The molecule has 0 saturated carbocycles. The van der Waals surface area contributed by atoms with Gasteiger partial charge in [0.2, 0.25) is 0 Å². The average molecular weight is 437 g/mol. The standard InChI is InChI=1S/C27H32O3S/c1-8-29-26(28)23-15-14-22(31-23)19(4)30-21-16-17(2)24(20-12-10-9-11-13-20)18(3)25(21)27(5,6)7/h9-16,19H,8H2,1-7H3. The van der Waals surface area contributed by atoms with E-state index in [0.717, 1.165) is 10.6 Å². The van der Waals surface area contributed by atoms with Gasteiger partial charge < -0.3 is 9.47 Å². The normalized spacial score (nSPS) is 12.5. The summed E-state index contributed by atoms with van der Waals surface area (Å²) in [5.41, 5.74) is 6.07. The van der Waals surface area contributed by atoms with Crippen molar-refractivity contribution in [1.82, 2.24) is 0 Å². The Kier molecular flexibility index (Phi) is 6.90. The first-order valence-corrected chi connectivity index (χ1v) is 11.6. The highest BCUT2D eigenvalue weighted by atomic mass is 32.1. The van der Waals surface area contributed by atoms with E-state index in [1.54, 1.807) is 0 Å². The van der Waals surface area contributed by atoms with Gasteiger partial charge in [0.15, 0.2) is 0 Å². The Morgan fingerprint density at radius 2 is 1.74 bits per heavy atom. The van der Waals surface area contributed by atoms with Gasteiger partial charge >= 0.3 is 5.97 Å². The summed E-state index contributed by atoms with van der Waals surface area (Å²) in [5.74, 6) is 0.626. The molecular formula is C27H32O3S. The summed E-state index contributed by atoms with van der Waals surface area (Å²) in [6.07, 6.45) is -0.171. The molecule has 31 heavy (non-hydrogen) atoms. The van der Waals surface area contributed by atoms with Crippen LogP contribution in [0, 0.1) is 13.8 Å². The zero-order chi connectivity index (χ0) is 22.8. The number of carbonyl (C=O) groups excluding carboxylic acids is 1. The Morgan fingerprint density at radius 3 is 2.35 bits per heavy atom. The summed E-state index contributed by atoms with van der Waals surface area (Å²) < 4.78 is 11.6. The molecule has 1 aromatic heterocycles. The van der Waals surface area contributed by atoms with Crippen molar-refractivity contribution < 1.29 is 14.3 Å². The third-order valence-corrected chi connectivity index (χ3v) is 6.58. The van der Waals surface area contributed by atoms with Crippen LogP contribution in [0.3, 0.4) is 0 Å². The second kappa shape index (κ2) is 9.27. The van der Waals surface area contributed by atoms with Crippen molar-refractivity contribution in [1.29, 1.82) is 0 Å². The van der Waals surface area contributed by atoms with E-state index in [9.17, 15) is 4.79 Å². The quantitative estimate of drug-likeness (QED) is 0.372. The van der Waals surface area contributed by atoms with Gasteiger partial charge in [0.1, 0.15) is 16.7 Å². The van der Waals surface area contributed by atoms with E-state index in [-0.39, 0.29) is 17.5 Å². The van der Waals surface area contributed by atoms with Gasteiger partial charge in [0.05, 0.1) is 6.61 Å². The second-order valence-electron chi connectivity index (χ2n) is 8.87. The SMILES string of the molecule is CCOC(=O)c1ccc(C(C)Oc2cc(C)c(-c3ccccc3)c(C)c2C(C)(C)C)s1. The van der Waals surface area contributed by atoms with Crippen LogP contribution in [0.1, 0.15) is 72.0 Å². The van der Waals surface area contributed by atoms with Gasteiger partial charge in [0, 0.05) is 10.4 Å². The molecule has 0 spiro atoms. The Balaban J connectivity index is 2.00. The maximum atomic E-state index is 12.0. The van der Waals surface area contributed by atoms with Crippen molar-refractivity contribution >= 4 is 17.3 Å². The molecule has 0 radical (unpaired) electrons. The molecule has 1 unspecified atom stereocenters. The highest BCUT2D eigenvalue weighted by Gasteiger charge is 2.26. The lowest BCUT2D eigenvalue weighted by atomic mass is 9.79. The first-order chi connectivity index (χ1) is 14.6. The van der Waals surface area contributed by atoms with Crippen LogP contribution < -0.4 is 4.74 Å². The molecule has 0 fully saturated rings. The van der Waals surface area contributed by atoms with E-state index < -0.39 is 0 Å². The lowest BCUT2D eigenvalue weighted by molar-refractivity contribution is 0.0532. The average Bonchev–Trinajstić information content (AvgIpc) is 3.18.